The maximum absolute atomic E-state index is 12.9. The average Bonchev–Trinajstić information content (AvgIpc) is 2.95. The van der Waals surface area contributed by atoms with Gasteiger partial charge in [0.15, 0.2) is 0 Å². The highest BCUT2D eigenvalue weighted by Gasteiger charge is 2.15. The highest BCUT2D eigenvalue weighted by atomic mass is 19.1. The Kier molecular flexibility index (Phi) is 3.37. The normalized spacial score (nSPS) is 14.6. The third kappa shape index (κ3) is 2.79. The summed E-state index contributed by atoms with van der Waals surface area (Å²) in [5, 5.41) is 12.7. The van der Waals surface area contributed by atoms with Crippen LogP contribution in [-0.4, -0.2) is 28.2 Å². The molecule has 1 aromatic carbocycles. The number of aromatic hydroxyl groups is 1. The van der Waals surface area contributed by atoms with Crippen LogP contribution < -0.4 is 10.2 Å². The molecule has 1 aliphatic heterocycles. The van der Waals surface area contributed by atoms with Crippen LogP contribution in [0.25, 0.3) is 0 Å². The van der Waals surface area contributed by atoms with E-state index in [4.69, 9.17) is 0 Å². The van der Waals surface area contributed by atoms with Gasteiger partial charge in [-0.3, -0.25) is 0 Å². The molecule has 2 heterocycles. The van der Waals surface area contributed by atoms with E-state index in [0.29, 0.717) is 17.5 Å². The first kappa shape index (κ1) is 12.7. The molecular weight excluding hydrogens is 259 g/mol. The second-order valence-electron chi connectivity index (χ2n) is 4.73. The molecule has 3 rings (SSSR count). The zero-order valence-corrected chi connectivity index (χ0v) is 10.9. The number of benzene rings is 1. The van der Waals surface area contributed by atoms with E-state index in [9.17, 15) is 9.50 Å². The fourth-order valence-electron chi connectivity index (χ4n) is 2.25. The Bertz CT molecular complexity index is 597. The third-order valence-electron chi connectivity index (χ3n) is 3.23. The van der Waals surface area contributed by atoms with Crippen LogP contribution in [0.4, 0.5) is 21.8 Å². The molecule has 5 nitrogen and oxygen atoms in total. The maximum atomic E-state index is 12.9. The van der Waals surface area contributed by atoms with Gasteiger partial charge in [-0.05, 0) is 37.1 Å². The van der Waals surface area contributed by atoms with Crippen molar-refractivity contribution in [3.8, 4) is 5.88 Å². The van der Waals surface area contributed by atoms with Gasteiger partial charge in [0.25, 0.3) is 0 Å². The Morgan fingerprint density at radius 3 is 2.50 bits per heavy atom. The van der Waals surface area contributed by atoms with Gasteiger partial charge in [0.05, 0.1) is 0 Å². The van der Waals surface area contributed by atoms with E-state index in [1.807, 2.05) is 0 Å². The zero-order valence-electron chi connectivity index (χ0n) is 10.9. The predicted octanol–water partition coefficient (Wildman–Crippen LogP) is 2.67. The van der Waals surface area contributed by atoms with Gasteiger partial charge >= 0.3 is 0 Å². The van der Waals surface area contributed by atoms with Crippen LogP contribution in [0.2, 0.25) is 0 Å². The van der Waals surface area contributed by atoms with Crippen LogP contribution in [0.1, 0.15) is 12.8 Å². The molecule has 2 aromatic rings. The number of nitrogens with one attached hydrogen (secondary N) is 1. The first-order valence-corrected chi connectivity index (χ1v) is 6.56. The number of hydrogen-bond acceptors (Lipinski definition) is 5. The third-order valence-corrected chi connectivity index (χ3v) is 3.23. The molecule has 0 amide bonds. The molecule has 1 fully saturated rings. The molecule has 0 bridgehead atoms. The van der Waals surface area contributed by atoms with Gasteiger partial charge in [-0.2, -0.15) is 9.97 Å². The van der Waals surface area contributed by atoms with E-state index in [0.717, 1.165) is 25.9 Å². The van der Waals surface area contributed by atoms with E-state index in [1.54, 1.807) is 18.2 Å². The fourth-order valence-corrected chi connectivity index (χ4v) is 2.25. The van der Waals surface area contributed by atoms with Crippen molar-refractivity contribution >= 4 is 17.5 Å². The summed E-state index contributed by atoms with van der Waals surface area (Å²) in [5.74, 6) is 0.634. The quantitative estimate of drug-likeness (QED) is 0.901. The predicted molar refractivity (Wildman–Crippen MR) is 74.8 cm³/mol. The minimum absolute atomic E-state index is 0.0773. The van der Waals surface area contributed by atoms with Gasteiger partial charge in [-0.15, -0.1) is 0 Å². The summed E-state index contributed by atoms with van der Waals surface area (Å²) in [6.07, 6.45) is 2.26. The lowest BCUT2D eigenvalue weighted by Gasteiger charge is -2.17. The highest BCUT2D eigenvalue weighted by Crippen LogP contribution is 2.24. The summed E-state index contributed by atoms with van der Waals surface area (Å²) in [7, 11) is 0. The summed E-state index contributed by atoms with van der Waals surface area (Å²) in [5.41, 5.74) is 0.671. The van der Waals surface area contributed by atoms with Crippen molar-refractivity contribution in [3.63, 3.8) is 0 Å². The lowest BCUT2D eigenvalue weighted by Crippen LogP contribution is -2.19. The first-order chi connectivity index (χ1) is 9.70. The molecule has 6 heteroatoms. The second-order valence-corrected chi connectivity index (χ2v) is 4.73. The van der Waals surface area contributed by atoms with Crippen molar-refractivity contribution in [2.45, 2.75) is 12.8 Å². The van der Waals surface area contributed by atoms with Gasteiger partial charge in [0, 0.05) is 24.8 Å². The van der Waals surface area contributed by atoms with E-state index in [-0.39, 0.29) is 11.7 Å². The van der Waals surface area contributed by atoms with Crippen LogP contribution in [0.3, 0.4) is 0 Å². The van der Waals surface area contributed by atoms with Crippen molar-refractivity contribution in [1.82, 2.24) is 9.97 Å². The van der Waals surface area contributed by atoms with E-state index >= 15 is 0 Å². The first-order valence-electron chi connectivity index (χ1n) is 6.56. The fraction of sp³-hybridized carbons (Fsp3) is 0.286. The summed E-state index contributed by atoms with van der Waals surface area (Å²) < 4.78 is 12.9. The molecule has 20 heavy (non-hydrogen) atoms. The van der Waals surface area contributed by atoms with Crippen molar-refractivity contribution in [2.75, 3.05) is 23.3 Å². The number of hydrogen-bond donors (Lipinski definition) is 2. The zero-order chi connectivity index (χ0) is 13.9. The molecule has 0 spiro atoms. The van der Waals surface area contributed by atoms with Crippen LogP contribution in [0, 0.1) is 5.82 Å². The molecule has 0 unspecified atom stereocenters. The minimum atomic E-state index is -0.301. The van der Waals surface area contributed by atoms with Crippen molar-refractivity contribution in [2.24, 2.45) is 0 Å². The minimum Gasteiger partial charge on any atom is -0.493 e. The van der Waals surface area contributed by atoms with Crippen LogP contribution in [-0.2, 0) is 0 Å². The number of nitrogens with zero attached hydrogens (tertiary/aromatic N) is 3. The summed E-state index contributed by atoms with van der Waals surface area (Å²) in [6.45, 7) is 1.87. The van der Waals surface area contributed by atoms with Gasteiger partial charge in [-0.1, -0.05) is 0 Å². The van der Waals surface area contributed by atoms with Gasteiger partial charge < -0.3 is 15.3 Å². The number of halogens is 1. The molecule has 2 N–H and O–H groups in total. The largest absolute Gasteiger partial charge is 0.493 e. The van der Waals surface area contributed by atoms with Crippen molar-refractivity contribution in [3.05, 3.63) is 36.1 Å². The SMILES string of the molecule is Oc1cc(N2CCCC2)nc(Nc2ccc(F)cc2)n1. The molecule has 104 valence electrons. The molecule has 0 aliphatic carbocycles. The topological polar surface area (TPSA) is 61.3 Å². The lowest BCUT2D eigenvalue weighted by molar-refractivity contribution is 0.453. The lowest BCUT2D eigenvalue weighted by atomic mass is 10.3. The molecule has 1 saturated heterocycles. The van der Waals surface area contributed by atoms with E-state index < -0.39 is 0 Å². The van der Waals surface area contributed by atoms with Crippen LogP contribution in [0.5, 0.6) is 5.88 Å². The molecule has 0 saturated carbocycles. The highest BCUT2D eigenvalue weighted by molar-refractivity contribution is 5.56. The smallest absolute Gasteiger partial charge is 0.232 e. The van der Waals surface area contributed by atoms with Crippen LogP contribution >= 0.6 is 0 Å². The van der Waals surface area contributed by atoms with Gasteiger partial charge in [0.1, 0.15) is 11.6 Å². The molecule has 1 aromatic heterocycles. The second kappa shape index (κ2) is 5.32. The number of anilines is 3. The molecule has 0 atom stereocenters. The Morgan fingerprint density at radius 2 is 1.80 bits per heavy atom. The van der Waals surface area contributed by atoms with Crippen molar-refractivity contribution < 1.29 is 9.50 Å². The summed E-state index contributed by atoms with van der Waals surface area (Å²) >= 11 is 0. The summed E-state index contributed by atoms with van der Waals surface area (Å²) in [4.78, 5) is 10.4. The van der Waals surface area contributed by atoms with Gasteiger partial charge in [0.2, 0.25) is 11.8 Å². The number of aromatic nitrogens is 2. The Labute approximate surface area is 116 Å². The van der Waals surface area contributed by atoms with E-state index in [1.165, 1.54) is 12.1 Å². The number of rotatable bonds is 3. The monoisotopic (exact) mass is 274 g/mol. The van der Waals surface area contributed by atoms with E-state index in [2.05, 4.69) is 20.2 Å². The van der Waals surface area contributed by atoms with Crippen molar-refractivity contribution in [1.29, 1.82) is 0 Å². The summed E-state index contributed by atoms with van der Waals surface area (Å²) in [6, 6.07) is 7.46. The molecular formula is C14H15FN4O. The Hall–Kier alpha value is -2.37. The average molecular weight is 274 g/mol. The molecule has 0 radical (unpaired) electrons. The van der Waals surface area contributed by atoms with Gasteiger partial charge in [-0.25, -0.2) is 4.39 Å². The standard InChI is InChI=1S/C14H15FN4O/c15-10-3-5-11(6-4-10)16-14-17-12(9-13(20)18-14)19-7-1-2-8-19/h3-6,9H,1-2,7-8H2,(H2,16,17,18,20). The Morgan fingerprint density at radius 1 is 1.10 bits per heavy atom. The molecule has 1 aliphatic rings. The Balaban J connectivity index is 1.83. The maximum Gasteiger partial charge on any atom is 0.232 e. The van der Waals surface area contributed by atoms with Crippen LogP contribution in [0.15, 0.2) is 30.3 Å².